The van der Waals surface area contributed by atoms with E-state index in [9.17, 15) is 9.90 Å². The quantitative estimate of drug-likeness (QED) is 0.849. The first-order valence-corrected chi connectivity index (χ1v) is 7.98. The zero-order valence-electron chi connectivity index (χ0n) is 13.9. The Hall–Kier alpha value is -1.39. The maximum atomic E-state index is 12.3. The van der Waals surface area contributed by atoms with E-state index in [-0.39, 0.29) is 29.9 Å². The van der Waals surface area contributed by atoms with Crippen molar-refractivity contribution in [3.05, 3.63) is 35.9 Å². The number of hydrogen-bond donors (Lipinski definition) is 2. The molecule has 3 atom stereocenters. The van der Waals surface area contributed by atoms with Gasteiger partial charge in [0.15, 0.2) is 0 Å². The highest BCUT2D eigenvalue weighted by molar-refractivity contribution is 5.83. The van der Waals surface area contributed by atoms with Gasteiger partial charge in [-0.2, -0.15) is 0 Å². The molecule has 122 valence electrons. The molecule has 4 heteroatoms. The average molecular weight is 305 g/mol. The summed E-state index contributed by atoms with van der Waals surface area (Å²) in [4.78, 5) is 12.3. The van der Waals surface area contributed by atoms with E-state index in [1.807, 2.05) is 58.0 Å². The van der Waals surface area contributed by atoms with E-state index >= 15 is 0 Å². The van der Waals surface area contributed by atoms with Crippen molar-refractivity contribution in [2.75, 3.05) is 13.2 Å². The maximum Gasteiger partial charge on any atom is 0.227 e. The summed E-state index contributed by atoms with van der Waals surface area (Å²) in [6.07, 6.45) is 0.611. The van der Waals surface area contributed by atoms with Gasteiger partial charge in [0.05, 0.1) is 17.6 Å². The Balaban J connectivity index is 1.92. The molecule has 4 nitrogen and oxygen atoms in total. The fourth-order valence-corrected chi connectivity index (χ4v) is 3.04. The SMILES string of the molecule is CCO[C@H]1C[C@@](O)(CNC(=O)[C@H](C)c2ccccc2)C1(C)C. The number of benzene rings is 1. The zero-order chi connectivity index (χ0) is 16.4. The molecule has 0 radical (unpaired) electrons. The number of hydrogen-bond acceptors (Lipinski definition) is 3. The summed E-state index contributed by atoms with van der Waals surface area (Å²) in [5.74, 6) is -0.286. The topological polar surface area (TPSA) is 58.6 Å². The summed E-state index contributed by atoms with van der Waals surface area (Å²) in [6, 6.07) is 9.67. The minimum atomic E-state index is -0.904. The lowest BCUT2D eigenvalue weighted by atomic mass is 9.56. The van der Waals surface area contributed by atoms with Crippen LogP contribution in [0.5, 0.6) is 0 Å². The predicted molar refractivity (Wildman–Crippen MR) is 86.6 cm³/mol. The monoisotopic (exact) mass is 305 g/mol. The number of carbonyl (C=O) groups excluding carboxylic acids is 1. The molecular formula is C18H27NO3. The van der Waals surface area contributed by atoms with Crippen LogP contribution in [-0.2, 0) is 9.53 Å². The number of aliphatic hydroxyl groups is 1. The number of rotatable bonds is 6. The van der Waals surface area contributed by atoms with E-state index in [0.717, 1.165) is 5.56 Å². The molecule has 0 unspecified atom stereocenters. The van der Waals surface area contributed by atoms with Crippen molar-refractivity contribution in [2.24, 2.45) is 5.41 Å². The van der Waals surface area contributed by atoms with Crippen LogP contribution in [0.4, 0.5) is 0 Å². The molecule has 1 saturated carbocycles. The van der Waals surface area contributed by atoms with E-state index in [0.29, 0.717) is 13.0 Å². The van der Waals surface area contributed by atoms with Gasteiger partial charge in [-0.3, -0.25) is 4.79 Å². The fraction of sp³-hybridized carbons (Fsp3) is 0.611. The number of amides is 1. The predicted octanol–water partition coefficient (Wildman–Crippen LogP) is 2.47. The number of nitrogens with one attached hydrogen (secondary N) is 1. The highest BCUT2D eigenvalue weighted by Gasteiger charge is 2.59. The molecule has 1 fully saturated rings. The van der Waals surface area contributed by atoms with Crippen LogP contribution in [0, 0.1) is 5.41 Å². The van der Waals surface area contributed by atoms with Crippen molar-refractivity contribution in [3.63, 3.8) is 0 Å². The summed E-state index contributed by atoms with van der Waals surface area (Å²) >= 11 is 0. The molecule has 0 saturated heterocycles. The van der Waals surface area contributed by atoms with Gasteiger partial charge >= 0.3 is 0 Å². The smallest absolute Gasteiger partial charge is 0.227 e. The lowest BCUT2D eigenvalue weighted by molar-refractivity contribution is -0.238. The van der Waals surface area contributed by atoms with Crippen molar-refractivity contribution in [1.29, 1.82) is 0 Å². The molecule has 1 aliphatic carbocycles. The summed E-state index contributed by atoms with van der Waals surface area (Å²) in [5.41, 5.74) is -0.280. The van der Waals surface area contributed by atoms with Crippen LogP contribution in [-0.4, -0.2) is 35.9 Å². The second-order valence-electron chi connectivity index (χ2n) is 6.75. The van der Waals surface area contributed by atoms with E-state index in [1.54, 1.807) is 0 Å². The van der Waals surface area contributed by atoms with Gasteiger partial charge in [0.2, 0.25) is 5.91 Å². The van der Waals surface area contributed by atoms with Gasteiger partial charge in [-0.05, 0) is 19.4 Å². The standard InChI is InChI=1S/C18H27NO3/c1-5-22-15-11-18(21,17(15,3)4)12-19-16(20)13(2)14-9-7-6-8-10-14/h6-10,13,15,21H,5,11-12H2,1-4H3,(H,19,20)/t13-,15+,18-/m1/s1. The van der Waals surface area contributed by atoms with Crippen molar-refractivity contribution in [2.45, 2.75) is 51.7 Å². The minimum Gasteiger partial charge on any atom is -0.387 e. The van der Waals surface area contributed by atoms with Crippen LogP contribution in [0.3, 0.4) is 0 Å². The van der Waals surface area contributed by atoms with Crippen LogP contribution in [0.2, 0.25) is 0 Å². The van der Waals surface area contributed by atoms with Crippen molar-refractivity contribution in [1.82, 2.24) is 5.32 Å². The molecule has 0 spiro atoms. The largest absolute Gasteiger partial charge is 0.387 e. The van der Waals surface area contributed by atoms with Gasteiger partial charge in [-0.15, -0.1) is 0 Å². The van der Waals surface area contributed by atoms with Crippen molar-refractivity contribution >= 4 is 5.91 Å². The first-order chi connectivity index (χ1) is 10.3. The highest BCUT2D eigenvalue weighted by atomic mass is 16.5. The molecule has 1 amide bonds. The molecule has 22 heavy (non-hydrogen) atoms. The molecular weight excluding hydrogens is 278 g/mol. The molecule has 1 aromatic rings. The normalized spacial score (nSPS) is 27.8. The molecule has 2 N–H and O–H groups in total. The first-order valence-electron chi connectivity index (χ1n) is 7.98. The zero-order valence-corrected chi connectivity index (χ0v) is 13.9. The van der Waals surface area contributed by atoms with Gasteiger partial charge in [-0.1, -0.05) is 44.2 Å². The molecule has 1 aromatic carbocycles. The lowest BCUT2D eigenvalue weighted by Gasteiger charge is -2.58. The molecule has 0 aliphatic heterocycles. The van der Waals surface area contributed by atoms with Crippen molar-refractivity contribution in [3.8, 4) is 0 Å². The second-order valence-corrected chi connectivity index (χ2v) is 6.75. The summed E-state index contributed by atoms with van der Waals surface area (Å²) in [6.45, 7) is 8.72. The molecule has 0 bridgehead atoms. The Bertz CT molecular complexity index is 514. The van der Waals surface area contributed by atoms with Crippen LogP contribution < -0.4 is 5.32 Å². The van der Waals surface area contributed by atoms with Gasteiger partial charge in [0, 0.05) is 25.0 Å². The molecule has 0 aromatic heterocycles. The van der Waals surface area contributed by atoms with Crippen LogP contribution in [0.15, 0.2) is 30.3 Å². The van der Waals surface area contributed by atoms with Crippen molar-refractivity contribution < 1.29 is 14.6 Å². The third-order valence-electron chi connectivity index (χ3n) is 5.14. The van der Waals surface area contributed by atoms with E-state index in [1.165, 1.54) is 0 Å². The Labute approximate surface area is 132 Å². The molecule has 0 heterocycles. The summed E-state index contributed by atoms with van der Waals surface area (Å²) in [5, 5.41) is 13.6. The van der Waals surface area contributed by atoms with Crippen LogP contribution in [0.1, 0.15) is 45.6 Å². The van der Waals surface area contributed by atoms with Gasteiger partial charge in [-0.25, -0.2) is 0 Å². The van der Waals surface area contributed by atoms with Gasteiger partial charge in [0.25, 0.3) is 0 Å². The second kappa shape index (κ2) is 6.39. The van der Waals surface area contributed by atoms with Crippen LogP contribution in [0.25, 0.3) is 0 Å². The Morgan fingerprint density at radius 2 is 2.05 bits per heavy atom. The minimum absolute atomic E-state index is 0.0472. The Morgan fingerprint density at radius 1 is 1.41 bits per heavy atom. The Kier molecular flexibility index (Phi) is 4.93. The maximum absolute atomic E-state index is 12.3. The lowest BCUT2D eigenvalue weighted by Crippen LogP contribution is -2.68. The number of ether oxygens (including phenoxy) is 1. The van der Waals surface area contributed by atoms with Gasteiger partial charge in [0.1, 0.15) is 0 Å². The summed E-state index contributed by atoms with van der Waals surface area (Å²) in [7, 11) is 0. The average Bonchev–Trinajstić information content (AvgIpc) is 2.52. The third-order valence-corrected chi connectivity index (χ3v) is 5.14. The van der Waals surface area contributed by atoms with E-state index in [2.05, 4.69) is 5.32 Å². The number of carbonyl (C=O) groups is 1. The van der Waals surface area contributed by atoms with Crippen LogP contribution >= 0.6 is 0 Å². The first kappa shape index (κ1) is 17.0. The fourth-order valence-electron chi connectivity index (χ4n) is 3.04. The Morgan fingerprint density at radius 3 is 2.59 bits per heavy atom. The highest BCUT2D eigenvalue weighted by Crippen LogP contribution is 2.50. The summed E-state index contributed by atoms with van der Waals surface area (Å²) < 4.78 is 5.64. The van der Waals surface area contributed by atoms with E-state index < -0.39 is 5.60 Å². The third kappa shape index (κ3) is 3.03. The molecule has 1 aliphatic rings. The van der Waals surface area contributed by atoms with Gasteiger partial charge < -0.3 is 15.2 Å². The molecule has 2 rings (SSSR count). The van der Waals surface area contributed by atoms with E-state index in [4.69, 9.17) is 4.74 Å².